The number of aromatic nitrogens is 1. The van der Waals surface area contributed by atoms with Gasteiger partial charge in [-0.2, -0.15) is 5.26 Å². The maximum Gasteiger partial charge on any atom is 0.338 e. The van der Waals surface area contributed by atoms with Gasteiger partial charge < -0.3 is 18.9 Å². The third-order valence-corrected chi connectivity index (χ3v) is 9.08. The predicted molar refractivity (Wildman–Crippen MR) is 188 cm³/mol. The van der Waals surface area contributed by atoms with E-state index in [0.29, 0.717) is 54.0 Å². The molecule has 0 spiro atoms. The SMILES string of the molecule is CCOC(=O)C1=C(c2ccccc2)N=c2s/c(=C\c3cc(Cl)c(OCc4ccc(C#N)cc4)c(OC)c3)c(=O)n2[C@H]1c1ccc(OC)cc1. The van der Waals surface area contributed by atoms with Crippen LogP contribution in [0.15, 0.2) is 106 Å². The van der Waals surface area contributed by atoms with Crippen LogP contribution in [0.4, 0.5) is 0 Å². The molecule has 0 amide bonds. The highest BCUT2D eigenvalue weighted by Gasteiger charge is 2.35. The first-order chi connectivity index (χ1) is 23.8. The number of carbonyl (C=O) groups is 1. The molecule has 0 saturated carbocycles. The third-order valence-electron chi connectivity index (χ3n) is 7.82. The zero-order valence-corrected chi connectivity index (χ0v) is 28.4. The van der Waals surface area contributed by atoms with Gasteiger partial charge in [-0.05, 0) is 66.1 Å². The number of nitrogens with zero attached hydrogens (tertiary/aromatic N) is 3. The smallest absolute Gasteiger partial charge is 0.338 e. The highest BCUT2D eigenvalue weighted by molar-refractivity contribution is 7.07. The molecule has 0 N–H and O–H groups in total. The summed E-state index contributed by atoms with van der Waals surface area (Å²) in [4.78, 5) is 33.3. The molecule has 0 bridgehead atoms. The lowest BCUT2D eigenvalue weighted by molar-refractivity contribution is -0.138. The van der Waals surface area contributed by atoms with Crippen LogP contribution in [0.3, 0.4) is 0 Å². The fraction of sp³-hybridized carbons (Fsp3) is 0.158. The van der Waals surface area contributed by atoms with E-state index in [-0.39, 0.29) is 24.3 Å². The number of ether oxygens (including phenoxy) is 4. The summed E-state index contributed by atoms with van der Waals surface area (Å²) in [6, 6.07) is 28.3. The van der Waals surface area contributed by atoms with Crippen molar-refractivity contribution in [3.8, 4) is 23.3 Å². The Morgan fingerprint density at radius 1 is 1.02 bits per heavy atom. The quantitative estimate of drug-likeness (QED) is 0.164. The van der Waals surface area contributed by atoms with Crippen LogP contribution in [0.1, 0.15) is 40.8 Å². The minimum atomic E-state index is -0.824. The minimum Gasteiger partial charge on any atom is -0.497 e. The number of rotatable bonds is 10. The van der Waals surface area contributed by atoms with Gasteiger partial charge in [0.05, 0.1) is 59.3 Å². The zero-order chi connectivity index (χ0) is 34.5. The molecule has 4 aromatic carbocycles. The summed E-state index contributed by atoms with van der Waals surface area (Å²) >= 11 is 7.90. The van der Waals surface area contributed by atoms with E-state index < -0.39 is 12.0 Å². The van der Waals surface area contributed by atoms with Crippen molar-refractivity contribution < 1.29 is 23.7 Å². The van der Waals surface area contributed by atoms with Crippen molar-refractivity contribution in [2.75, 3.05) is 20.8 Å². The average molecular weight is 692 g/mol. The van der Waals surface area contributed by atoms with Crippen LogP contribution in [-0.4, -0.2) is 31.4 Å². The fourth-order valence-electron chi connectivity index (χ4n) is 5.49. The summed E-state index contributed by atoms with van der Waals surface area (Å²) in [7, 11) is 3.08. The van der Waals surface area contributed by atoms with E-state index in [2.05, 4.69) is 6.07 Å². The number of nitriles is 1. The molecule has 0 aliphatic carbocycles. The molecule has 1 aromatic heterocycles. The monoisotopic (exact) mass is 691 g/mol. The predicted octanol–water partition coefficient (Wildman–Crippen LogP) is 6.06. The molecule has 0 radical (unpaired) electrons. The van der Waals surface area contributed by atoms with Crippen molar-refractivity contribution in [1.82, 2.24) is 4.57 Å². The number of halogens is 1. The van der Waals surface area contributed by atoms with Crippen molar-refractivity contribution in [2.45, 2.75) is 19.6 Å². The van der Waals surface area contributed by atoms with Crippen molar-refractivity contribution in [2.24, 2.45) is 4.99 Å². The first-order valence-electron chi connectivity index (χ1n) is 15.3. The lowest BCUT2D eigenvalue weighted by Crippen LogP contribution is -2.40. The van der Waals surface area contributed by atoms with Crippen molar-refractivity contribution in [3.05, 3.63) is 149 Å². The Bertz CT molecular complexity index is 2270. The molecule has 49 heavy (non-hydrogen) atoms. The lowest BCUT2D eigenvalue weighted by Gasteiger charge is -2.26. The number of esters is 1. The van der Waals surface area contributed by atoms with Gasteiger partial charge in [0.25, 0.3) is 5.56 Å². The van der Waals surface area contributed by atoms with E-state index in [1.807, 2.05) is 54.6 Å². The van der Waals surface area contributed by atoms with E-state index in [1.165, 1.54) is 23.0 Å². The average Bonchev–Trinajstić information content (AvgIpc) is 3.44. The van der Waals surface area contributed by atoms with E-state index in [0.717, 1.165) is 11.1 Å². The van der Waals surface area contributed by atoms with Gasteiger partial charge in [0.1, 0.15) is 12.4 Å². The second-order valence-corrected chi connectivity index (χ2v) is 12.3. The highest BCUT2D eigenvalue weighted by Crippen LogP contribution is 2.38. The molecule has 0 unspecified atom stereocenters. The molecule has 246 valence electrons. The van der Waals surface area contributed by atoms with Crippen LogP contribution in [0.2, 0.25) is 5.02 Å². The van der Waals surface area contributed by atoms with Crippen molar-refractivity contribution in [1.29, 1.82) is 5.26 Å². The molecule has 2 heterocycles. The minimum absolute atomic E-state index is 0.153. The Balaban J connectivity index is 1.47. The van der Waals surface area contributed by atoms with Crippen LogP contribution in [0.5, 0.6) is 17.2 Å². The molecule has 6 rings (SSSR count). The lowest BCUT2D eigenvalue weighted by atomic mass is 9.93. The van der Waals surface area contributed by atoms with Crippen LogP contribution in [0, 0.1) is 11.3 Å². The van der Waals surface area contributed by atoms with Crippen molar-refractivity contribution in [3.63, 3.8) is 0 Å². The summed E-state index contributed by atoms with van der Waals surface area (Å²) in [6.45, 7) is 2.10. The van der Waals surface area contributed by atoms with Gasteiger partial charge in [-0.15, -0.1) is 0 Å². The number of hydrogen-bond donors (Lipinski definition) is 0. The summed E-state index contributed by atoms with van der Waals surface area (Å²) in [6.07, 6.45) is 1.71. The number of fused-ring (bicyclic) bond motifs is 1. The van der Waals surface area contributed by atoms with Crippen molar-refractivity contribution >= 4 is 40.7 Å². The summed E-state index contributed by atoms with van der Waals surface area (Å²) < 4.78 is 24.5. The summed E-state index contributed by atoms with van der Waals surface area (Å²) in [5, 5.41) is 9.36. The second kappa shape index (κ2) is 14.6. The van der Waals surface area contributed by atoms with Gasteiger partial charge in [0, 0.05) is 5.56 Å². The second-order valence-electron chi connectivity index (χ2n) is 10.8. The molecular weight excluding hydrogens is 662 g/mol. The summed E-state index contributed by atoms with van der Waals surface area (Å²) in [5.74, 6) is 0.801. The highest BCUT2D eigenvalue weighted by atomic mass is 35.5. The molecule has 1 aliphatic heterocycles. The first-order valence-corrected chi connectivity index (χ1v) is 16.5. The first kappa shape index (κ1) is 33.3. The van der Waals surface area contributed by atoms with Gasteiger partial charge in [-0.1, -0.05) is 77.5 Å². The maximum absolute atomic E-state index is 14.3. The normalized spacial score (nSPS) is 14.0. The van der Waals surface area contributed by atoms with Gasteiger partial charge in [0.2, 0.25) is 0 Å². The zero-order valence-electron chi connectivity index (χ0n) is 26.8. The number of benzene rings is 4. The molecule has 0 fully saturated rings. The topological polar surface area (TPSA) is 112 Å². The molecule has 1 atom stereocenters. The van der Waals surface area contributed by atoms with E-state index in [4.69, 9.17) is 40.8 Å². The van der Waals surface area contributed by atoms with Crippen LogP contribution >= 0.6 is 22.9 Å². The van der Waals surface area contributed by atoms with Gasteiger partial charge >= 0.3 is 5.97 Å². The molecule has 11 heteroatoms. The van der Waals surface area contributed by atoms with Crippen LogP contribution in [0.25, 0.3) is 11.8 Å². The standard InChI is InChI=1S/C38H30ClN3O6S/c1-4-47-37(44)32-33(26-8-6-5-7-9-26)41-38-42(34(32)27-14-16-28(45-2)17-15-27)36(43)31(49-38)20-25-18-29(39)35(30(19-25)46-3)48-22-24-12-10-23(21-40)11-13-24/h5-20,34H,4,22H2,1-3H3/b31-20-/t34-/m0/s1. The van der Waals surface area contributed by atoms with Gasteiger partial charge in [-0.3, -0.25) is 9.36 Å². The van der Waals surface area contributed by atoms with Crippen LogP contribution < -0.4 is 29.1 Å². The largest absolute Gasteiger partial charge is 0.497 e. The number of methoxy groups -OCH3 is 2. The number of carbonyl (C=O) groups excluding carboxylic acids is 1. The molecule has 5 aromatic rings. The summed E-state index contributed by atoms with van der Waals surface area (Å²) in [5.41, 5.74) is 3.76. The Kier molecular flexibility index (Phi) is 9.95. The Morgan fingerprint density at radius 3 is 2.41 bits per heavy atom. The maximum atomic E-state index is 14.3. The molecule has 9 nitrogen and oxygen atoms in total. The Hall–Kier alpha value is -5.63. The number of hydrogen-bond acceptors (Lipinski definition) is 9. The number of thiazole rings is 1. The third kappa shape index (κ3) is 6.85. The van der Waals surface area contributed by atoms with Crippen LogP contribution in [-0.2, 0) is 16.1 Å². The Morgan fingerprint density at radius 2 is 1.76 bits per heavy atom. The van der Waals surface area contributed by atoms with E-state index in [1.54, 1.807) is 56.5 Å². The van der Waals surface area contributed by atoms with E-state index in [9.17, 15) is 9.59 Å². The van der Waals surface area contributed by atoms with Gasteiger partial charge in [0.15, 0.2) is 16.3 Å². The van der Waals surface area contributed by atoms with Gasteiger partial charge in [-0.25, -0.2) is 9.79 Å². The molecule has 0 saturated heterocycles. The Labute approximate surface area is 291 Å². The fourth-order valence-corrected chi connectivity index (χ4v) is 6.76. The molecular formula is C38H30ClN3O6S. The van der Waals surface area contributed by atoms with E-state index >= 15 is 0 Å². The molecule has 1 aliphatic rings.